The van der Waals surface area contributed by atoms with Gasteiger partial charge in [0.2, 0.25) is 0 Å². The largest absolute Gasteiger partial charge is 0.353 e. The second-order valence-electron chi connectivity index (χ2n) is 4.84. The fraction of sp³-hybridized carbons (Fsp3) is 0.643. The fourth-order valence-corrected chi connectivity index (χ4v) is 2.45. The van der Waals surface area contributed by atoms with E-state index >= 15 is 0 Å². The molecule has 1 N–H and O–H groups in total. The first-order valence-electron chi connectivity index (χ1n) is 6.88. The first kappa shape index (κ1) is 13.6. The van der Waals surface area contributed by atoms with Crippen molar-refractivity contribution in [1.29, 1.82) is 0 Å². The van der Waals surface area contributed by atoms with Crippen LogP contribution in [0.2, 0.25) is 5.02 Å². The SMILES string of the molecule is CCCNCc1cnc(N(CC)C2CC2)c(Cl)c1. The van der Waals surface area contributed by atoms with Gasteiger partial charge in [-0.3, -0.25) is 0 Å². The molecule has 0 spiro atoms. The molecule has 1 heterocycles. The zero-order valence-electron chi connectivity index (χ0n) is 11.2. The van der Waals surface area contributed by atoms with E-state index in [4.69, 9.17) is 11.6 Å². The number of aromatic nitrogens is 1. The lowest BCUT2D eigenvalue weighted by Crippen LogP contribution is -2.26. The number of hydrogen-bond acceptors (Lipinski definition) is 3. The number of nitrogens with one attached hydrogen (secondary N) is 1. The van der Waals surface area contributed by atoms with Gasteiger partial charge in [0.15, 0.2) is 0 Å². The highest BCUT2D eigenvalue weighted by Crippen LogP contribution is 2.34. The van der Waals surface area contributed by atoms with Gasteiger partial charge in [-0.2, -0.15) is 0 Å². The normalized spacial score (nSPS) is 14.8. The van der Waals surface area contributed by atoms with E-state index in [-0.39, 0.29) is 0 Å². The number of hydrogen-bond donors (Lipinski definition) is 1. The molecule has 18 heavy (non-hydrogen) atoms. The lowest BCUT2D eigenvalue weighted by atomic mass is 10.2. The average Bonchev–Trinajstić information content (AvgIpc) is 3.17. The van der Waals surface area contributed by atoms with E-state index in [1.807, 2.05) is 12.3 Å². The monoisotopic (exact) mass is 267 g/mol. The Morgan fingerprint density at radius 1 is 1.44 bits per heavy atom. The number of nitrogens with zero attached hydrogens (tertiary/aromatic N) is 2. The molecular formula is C14H22ClN3. The zero-order valence-corrected chi connectivity index (χ0v) is 12.0. The highest BCUT2D eigenvalue weighted by molar-refractivity contribution is 6.33. The van der Waals surface area contributed by atoms with Crippen molar-refractivity contribution in [3.05, 3.63) is 22.8 Å². The van der Waals surface area contributed by atoms with Crippen molar-refractivity contribution in [1.82, 2.24) is 10.3 Å². The summed E-state index contributed by atoms with van der Waals surface area (Å²) in [5.74, 6) is 0.945. The molecule has 2 rings (SSSR count). The standard InChI is InChI=1S/C14H22ClN3/c1-3-7-16-9-11-8-13(15)14(17-10-11)18(4-2)12-5-6-12/h8,10,12,16H,3-7,9H2,1-2H3. The van der Waals surface area contributed by atoms with E-state index in [2.05, 4.69) is 29.0 Å². The van der Waals surface area contributed by atoms with Gasteiger partial charge in [-0.1, -0.05) is 18.5 Å². The van der Waals surface area contributed by atoms with Gasteiger partial charge in [0.25, 0.3) is 0 Å². The molecule has 1 aliphatic carbocycles. The summed E-state index contributed by atoms with van der Waals surface area (Å²) >= 11 is 6.36. The third-order valence-corrected chi connectivity index (χ3v) is 3.51. The van der Waals surface area contributed by atoms with Crippen molar-refractivity contribution in [2.24, 2.45) is 0 Å². The summed E-state index contributed by atoms with van der Waals surface area (Å²) in [6.07, 6.45) is 5.62. The maximum Gasteiger partial charge on any atom is 0.147 e. The minimum atomic E-state index is 0.657. The van der Waals surface area contributed by atoms with Gasteiger partial charge < -0.3 is 10.2 Å². The quantitative estimate of drug-likeness (QED) is 0.769. The van der Waals surface area contributed by atoms with Crippen LogP contribution < -0.4 is 10.2 Å². The molecule has 100 valence electrons. The Morgan fingerprint density at radius 3 is 2.78 bits per heavy atom. The molecule has 4 heteroatoms. The number of rotatable bonds is 7. The molecule has 0 unspecified atom stereocenters. The van der Waals surface area contributed by atoms with Crippen molar-refractivity contribution in [2.75, 3.05) is 18.0 Å². The molecule has 0 aromatic carbocycles. The zero-order chi connectivity index (χ0) is 13.0. The maximum absolute atomic E-state index is 6.36. The molecule has 0 saturated heterocycles. The van der Waals surface area contributed by atoms with Crippen LogP contribution in [0.15, 0.2) is 12.3 Å². The van der Waals surface area contributed by atoms with Gasteiger partial charge >= 0.3 is 0 Å². The van der Waals surface area contributed by atoms with Gasteiger partial charge in [-0.05, 0) is 44.4 Å². The van der Waals surface area contributed by atoms with Gasteiger partial charge in [0.1, 0.15) is 5.82 Å². The summed E-state index contributed by atoms with van der Waals surface area (Å²) < 4.78 is 0. The molecule has 0 atom stereocenters. The second kappa shape index (κ2) is 6.39. The highest BCUT2D eigenvalue weighted by atomic mass is 35.5. The third-order valence-electron chi connectivity index (χ3n) is 3.23. The van der Waals surface area contributed by atoms with Crippen molar-refractivity contribution in [2.45, 2.75) is 45.7 Å². The van der Waals surface area contributed by atoms with E-state index in [1.165, 1.54) is 12.8 Å². The highest BCUT2D eigenvalue weighted by Gasteiger charge is 2.29. The Hall–Kier alpha value is -0.800. The number of anilines is 1. The summed E-state index contributed by atoms with van der Waals surface area (Å²) in [5, 5.41) is 4.14. The lowest BCUT2D eigenvalue weighted by Gasteiger charge is -2.22. The topological polar surface area (TPSA) is 28.2 Å². The van der Waals surface area contributed by atoms with Gasteiger partial charge in [0.05, 0.1) is 5.02 Å². The first-order valence-corrected chi connectivity index (χ1v) is 7.25. The predicted octanol–water partition coefficient (Wildman–Crippen LogP) is 3.22. The van der Waals surface area contributed by atoms with Gasteiger partial charge in [-0.15, -0.1) is 0 Å². The Balaban J connectivity index is 2.04. The lowest BCUT2D eigenvalue weighted by molar-refractivity contribution is 0.673. The maximum atomic E-state index is 6.36. The van der Waals surface area contributed by atoms with Crippen LogP contribution in [-0.4, -0.2) is 24.1 Å². The average molecular weight is 268 g/mol. The van der Waals surface area contributed by atoms with E-state index in [9.17, 15) is 0 Å². The molecule has 1 aromatic rings. The van der Waals surface area contributed by atoms with Crippen LogP contribution in [0.1, 0.15) is 38.7 Å². The Morgan fingerprint density at radius 2 is 2.22 bits per heavy atom. The molecule has 3 nitrogen and oxygen atoms in total. The van der Waals surface area contributed by atoms with Crippen molar-refractivity contribution in [3.8, 4) is 0 Å². The summed E-state index contributed by atoms with van der Waals surface area (Å²) in [4.78, 5) is 6.85. The van der Waals surface area contributed by atoms with Crippen LogP contribution in [0.5, 0.6) is 0 Å². The van der Waals surface area contributed by atoms with Crippen LogP contribution >= 0.6 is 11.6 Å². The van der Waals surface area contributed by atoms with E-state index in [1.54, 1.807) is 0 Å². The van der Waals surface area contributed by atoms with E-state index in [0.717, 1.165) is 42.5 Å². The van der Waals surface area contributed by atoms with E-state index in [0.29, 0.717) is 6.04 Å². The summed E-state index contributed by atoms with van der Waals surface area (Å²) in [6, 6.07) is 2.70. The molecule has 1 aliphatic rings. The number of pyridine rings is 1. The third kappa shape index (κ3) is 3.36. The van der Waals surface area contributed by atoms with Gasteiger partial charge in [0, 0.05) is 25.3 Å². The summed E-state index contributed by atoms with van der Waals surface area (Å²) in [7, 11) is 0. The van der Waals surface area contributed by atoms with E-state index < -0.39 is 0 Å². The fourth-order valence-electron chi connectivity index (χ4n) is 2.15. The van der Waals surface area contributed by atoms with Crippen LogP contribution in [0.3, 0.4) is 0 Å². The van der Waals surface area contributed by atoms with Gasteiger partial charge in [-0.25, -0.2) is 4.98 Å². The molecule has 1 aromatic heterocycles. The van der Waals surface area contributed by atoms with Crippen molar-refractivity contribution < 1.29 is 0 Å². The minimum absolute atomic E-state index is 0.657. The molecular weight excluding hydrogens is 246 g/mol. The minimum Gasteiger partial charge on any atom is -0.353 e. The predicted molar refractivity (Wildman–Crippen MR) is 77.3 cm³/mol. The molecule has 0 aliphatic heterocycles. The molecule has 1 fully saturated rings. The van der Waals surface area contributed by atoms with Crippen LogP contribution in [0, 0.1) is 0 Å². The Labute approximate surface area is 115 Å². The first-order chi connectivity index (χ1) is 8.76. The molecule has 0 radical (unpaired) electrons. The smallest absolute Gasteiger partial charge is 0.147 e. The summed E-state index contributed by atoms with van der Waals surface area (Å²) in [6.45, 7) is 7.17. The molecule has 0 amide bonds. The van der Waals surface area contributed by atoms with Crippen molar-refractivity contribution >= 4 is 17.4 Å². The number of halogens is 1. The second-order valence-corrected chi connectivity index (χ2v) is 5.25. The summed E-state index contributed by atoms with van der Waals surface area (Å²) in [5.41, 5.74) is 1.16. The Kier molecular flexibility index (Phi) is 4.84. The van der Waals surface area contributed by atoms with Crippen LogP contribution in [0.25, 0.3) is 0 Å². The molecule has 0 bridgehead atoms. The van der Waals surface area contributed by atoms with Crippen LogP contribution in [0.4, 0.5) is 5.82 Å². The van der Waals surface area contributed by atoms with Crippen LogP contribution in [-0.2, 0) is 6.54 Å². The Bertz CT molecular complexity index is 391. The molecule has 1 saturated carbocycles. The van der Waals surface area contributed by atoms with Crippen molar-refractivity contribution in [3.63, 3.8) is 0 Å².